The van der Waals surface area contributed by atoms with Gasteiger partial charge in [0.2, 0.25) is 5.91 Å². The summed E-state index contributed by atoms with van der Waals surface area (Å²) >= 11 is 5.97. The van der Waals surface area contributed by atoms with Gasteiger partial charge in [0.1, 0.15) is 23.7 Å². The summed E-state index contributed by atoms with van der Waals surface area (Å²) in [6.45, 7) is 8.63. The van der Waals surface area contributed by atoms with Crippen LogP contribution >= 0.6 is 11.6 Å². The molecule has 0 aliphatic carbocycles. The van der Waals surface area contributed by atoms with Gasteiger partial charge >= 0.3 is 0 Å². The van der Waals surface area contributed by atoms with E-state index in [0.29, 0.717) is 53.6 Å². The number of anilines is 3. The van der Waals surface area contributed by atoms with Gasteiger partial charge in [-0.1, -0.05) is 17.7 Å². The molecule has 42 heavy (non-hydrogen) atoms. The topological polar surface area (TPSA) is 101 Å². The van der Waals surface area contributed by atoms with Crippen LogP contribution in [0.3, 0.4) is 0 Å². The van der Waals surface area contributed by atoms with Gasteiger partial charge in [-0.2, -0.15) is 0 Å². The minimum Gasteiger partial charge on any atom is -0.491 e. The minimum absolute atomic E-state index is 0.00133. The molecule has 2 fully saturated rings. The normalized spacial score (nSPS) is 16.9. The number of morpholine rings is 1. The molecule has 0 radical (unpaired) electrons. The first-order valence-corrected chi connectivity index (χ1v) is 14.6. The Labute approximate surface area is 249 Å². The molecule has 3 heterocycles. The first-order valence-electron chi connectivity index (χ1n) is 14.3. The highest BCUT2D eigenvalue weighted by Gasteiger charge is 2.15. The molecule has 0 spiro atoms. The second kappa shape index (κ2) is 15.2. The lowest BCUT2D eigenvalue weighted by Gasteiger charge is -2.26. The van der Waals surface area contributed by atoms with Gasteiger partial charge in [0.15, 0.2) is 0 Å². The largest absolute Gasteiger partial charge is 0.491 e. The SMILES string of the molecule is O=C(C=CCN1CCCOCC1)Nc1cc2c(Nc3ccc(F)c(Cl)c3)ncnc2cc1OCCCN1CCOCC1. The van der Waals surface area contributed by atoms with E-state index in [0.717, 1.165) is 65.4 Å². The lowest BCUT2D eigenvalue weighted by atomic mass is 10.1. The predicted molar refractivity (Wildman–Crippen MR) is 161 cm³/mol. The van der Waals surface area contributed by atoms with Crippen LogP contribution in [0.4, 0.5) is 21.6 Å². The number of hydrogen-bond donors (Lipinski definition) is 2. The molecule has 5 rings (SSSR count). The van der Waals surface area contributed by atoms with Crippen LogP contribution in [-0.2, 0) is 14.3 Å². The van der Waals surface area contributed by atoms with Crippen LogP contribution in [0.1, 0.15) is 12.8 Å². The molecular formula is C30H36ClFN6O4. The van der Waals surface area contributed by atoms with E-state index in [1.54, 1.807) is 24.3 Å². The quantitative estimate of drug-likeness (QED) is 0.244. The molecule has 0 bridgehead atoms. The Morgan fingerprint density at radius 3 is 2.69 bits per heavy atom. The van der Waals surface area contributed by atoms with Crippen molar-refractivity contribution in [3.63, 3.8) is 0 Å². The van der Waals surface area contributed by atoms with Crippen LogP contribution in [0.2, 0.25) is 5.02 Å². The molecule has 1 aromatic heterocycles. The first kappa shape index (κ1) is 30.1. The maximum absolute atomic E-state index is 13.7. The van der Waals surface area contributed by atoms with Gasteiger partial charge in [0.25, 0.3) is 0 Å². The third kappa shape index (κ3) is 8.59. The van der Waals surface area contributed by atoms with Crippen molar-refractivity contribution in [2.24, 2.45) is 0 Å². The number of amides is 1. The van der Waals surface area contributed by atoms with Gasteiger partial charge in [-0.25, -0.2) is 14.4 Å². The number of carbonyl (C=O) groups is 1. The van der Waals surface area contributed by atoms with E-state index in [4.69, 9.17) is 25.8 Å². The highest BCUT2D eigenvalue weighted by molar-refractivity contribution is 6.31. The van der Waals surface area contributed by atoms with Crippen LogP contribution in [0.25, 0.3) is 10.9 Å². The van der Waals surface area contributed by atoms with Crippen LogP contribution in [0.15, 0.2) is 48.8 Å². The Balaban J connectivity index is 1.33. The molecule has 10 nitrogen and oxygen atoms in total. The average molecular weight is 599 g/mol. The summed E-state index contributed by atoms with van der Waals surface area (Å²) in [7, 11) is 0. The van der Waals surface area contributed by atoms with Crippen molar-refractivity contribution in [3.05, 3.63) is 59.7 Å². The zero-order valence-electron chi connectivity index (χ0n) is 23.5. The summed E-state index contributed by atoms with van der Waals surface area (Å²) in [5.41, 5.74) is 1.69. The van der Waals surface area contributed by atoms with E-state index in [-0.39, 0.29) is 10.9 Å². The molecule has 1 amide bonds. The second-order valence-corrected chi connectivity index (χ2v) is 10.6. The Morgan fingerprint density at radius 1 is 1.05 bits per heavy atom. The molecule has 12 heteroatoms. The predicted octanol–water partition coefficient (Wildman–Crippen LogP) is 4.48. The fourth-order valence-electron chi connectivity index (χ4n) is 4.87. The number of carbonyl (C=O) groups excluding carboxylic acids is 1. The number of nitrogens with zero attached hydrogens (tertiary/aromatic N) is 4. The third-order valence-corrected chi connectivity index (χ3v) is 7.39. The fourth-order valence-corrected chi connectivity index (χ4v) is 5.05. The Hall–Kier alpha value is -3.35. The molecule has 2 aliphatic heterocycles. The van der Waals surface area contributed by atoms with Crippen molar-refractivity contribution in [1.29, 1.82) is 0 Å². The fraction of sp³-hybridized carbons (Fsp3) is 0.433. The zero-order valence-corrected chi connectivity index (χ0v) is 24.2. The maximum Gasteiger partial charge on any atom is 0.248 e. The van der Waals surface area contributed by atoms with Gasteiger partial charge in [-0.3, -0.25) is 14.6 Å². The van der Waals surface area contributed by atoms with E-state index < -0.39 is 5.82 Å². The first-order chi connectivity index (χ1) is 20.5. The van der Waals surface area contributed by atoms with Crippen molar-refractivity contribution < 1.29 is 23.4 Å². The summed E-state index contributed by atoms with van der Waals surface area (Å²) in [5, 5.41) is 6.81. The minimum atomic E-state index is -0.507. The molecule has 0 atom stereocenters. The smallest absolute Gasteiger partial charge is 0.248 e. The van der Waals surface area contributed by atoms with Crippen LogP contribution < -0.4 is 15.4 Å². The van der Waals surface area contributed by atoms with Gasteiger partial charge in [0.05, 0.1) is 42.7 Å². The molecule has 2 aliphatic rings. The molecule has 2 N–H and O–H groups in total. The molecule has 2 saturated heterocycles. The van der Waals surface area contributed by atoms with Crippen LogP contribution in [0, 0.1) is 5.82 Å². The summed E-state index contributed by atoms with van der Waals surface area (Å²) in [4.78, 5) is 26.4. The standard InChI is InChI=1S/C30H36ClFN6O4/c31-24-18-22(5-6-25(24)32)35-30-23-19-27(36-29(39)4-1-7-37-8-2-13-40-15-10-37)28(20-26(23)33-21-34-30)42-14-3-9-38-11-16-41-17-12-38/h1,4-6,18-21H,2-3,7-17H2,(H,36,39)(H,33,34,35). The number of hydrogen-bond acceptors (Lipinski definition) is 9. The van der Waals surface area contributed by atoms with Crippen molar-refractivity contribution in [2.75, 3.05) is 82.9 Å². The average Bonchev–Trinajstić information content (AvgIpc) is 3.27. The van der Waals surface area contributed by atoms with Gasteiger partial charge in [-0.05, 0) is 37.1 Å². The number of rotatable bonds is 11. The summed E-state index contributed by atoms with van der Waals surface area (Å²) in [5.74, 6) is 0.226. The monoisotopic (exact) mass is 598 g/mol. The van der Waals surface area contributed by atoms with E-state index in [1.807, 2.05) is 6.08 Å². The Bertz CT molecular complexity index is 1380. The summed E-state index contributed by atoms with van der Waals surface area (Å²) in [6, 6.07) is 7.93. The molecule has 3 aromatic rings. The third-order valence-electron chi connectivity index (χ3n) is 7.10. The number of fused-ring (bicyclic) bond motifs is 1. The highest BCUT2D eigenvalue weighted by atomic mass is 35.5. The Morgan fingerprint density at radius 2 is 1.86 bits per heavy atom. The van der Waals surface area contributed by atoms with E-state index in [9.17, 15) is 9.18 Å². The van der Waals surface area contributed by atoms with Crippen molar-refractivity contribution in [3.8, 4) is 5.75 Å². The molecule has 2 aromatic carbocycles. The van der Waals surface area contributed by atoms with Gasteiger partial charge < -0.3 is 24.8 Å². The second-order valence-electron chi connectivity index (χ2n) is 10.2. The summed E-state index contributed by atoms with van der Waals surface area (Å²) < 4.78 is 30.8. The van der Waals surface area contributed by atoms with Crippen LogP contribution in [0.5, 0.6) is 5.75 Å². The molecule has 224 valence electrons. The van der Waals surface area contributed by atoms with Gasteiger partial charge in [0, 0.05) is 69.1 Å². The number of halogens is 2. The van der Waals surface area contributed by atoms with Crippen LogP contribution in [-0.4, -0.2) is 98.0 Å². The van der Waals surface area contributed by atoms with Gasteiger partial charge in [-0.15, -0.1) is 0 Å². The highest BCUT2D eigenvalue weighted by Crippen LogP contribution is 2.34. The van der Waals surface area contributed by atoms with Crippen molar-refractivity contribution >= 4 is 45.6 Å². The number of nitrogens with one attached hydrogen (secondary N) is 2. The summed E-state index contributed by atoms with van der Waals surface area (Å²) in [6.07, 6.45) is 6.64. The zero-order chi connectivity index (χ0) is 29.1. The lowest BCUT2D eigenvalue weighted by Crippen LogP contribution is -2.37. The number of benzene rings is 2. The molecule has 0 unspecified atom stereocenters. The molecular weight excluding hydrogens is 563 g/mol. The maximum atomic E-state index is 13.7. The molecule has 0 saturated carbocycles. The van der Waals surface area contributed by atoms with E-state index in [1.165, 1.54) is 18.5 Å². The number of aromatic nitrogens is 2. The lowest BCUT2D eigenvalue weighted by molar-refractivity contribution is -0.111. The number of ether oxygens (including phenoxy) is 3. The van der Waals surface area contributed by atoms with E-state index >= 15 is 0 Å². The van der Waals surface area contributed by atoms with Crippen molar-refractivity contribution in [1.82, 2.24) is 19.8 Å². The Kier molecular flexibility index (Phi) is 10.9. The van der Waals surface area contributed by atoms with Crippen molar-refractivity contribution in [2.45, 2.75) is 12.8 Å². The van der Waals surface area contributed by atoms with E-state index in [2.05, 4.69) is 30.4 Å².